The van der Waals surface area contributed by atoms with Gasteiger partial charge in [0, 0.05) is 26.8 Å². The lowest BCUT2D eigenvalue weighted by atomic mass is 10.2. The Morgan fingerprint density at radius 3 is 2.79 bits per heavy atom. The molecule has 0 radical (unpaired) electrons. The molecule has 0 N–H and O–H groups in total. The minimum atomic E-state index is -0.107. The normalized spacial score (nSPS) is 10.5. The van der Waals surface area contributed by atoms with Crippen LogP contribution in [0.15, 0.2) is 30.6 Å². The lowest BCUT2D eigenvalue weighted by Crippen LogP contribution is -2.26. The molecule has 0 aliphatic carbocycles. The van der Waals surface area contributed by atoms with Gasteiger partial charge in [-0.2, -0.15) is 5.10 Å². The van der Waals surface area contributed by atoms with E-state index in [2.05, 4.69) is 5.10 Å². The van der Waals surface area contributed by atoms with Gasteiger partial charge in [0.2, 0.25) is 0 Å². The Hall–Kier alpha value is -1.52. The van der Waals surface area contributed by atoms with E-state index in [4.69, 9.17) is 23.2 Å². The molecule has 6 heteroatoms. The predicted molar refractivity (Wildman–Crippen MR) is 75.5 cm³/mol. The van der Waals surface area contributed by atoms with E-state index in [1.54, 1.807) is 42.1 Å². The number of carbonyl (C=O) groups excluding carboxylic acids is 1. The maximum atomic E-state index is 12.2. The van der Waals surface area contributed by atoms with Crippen LogP contribution in [0.25, 0.3) is 0 Å². The van der Waals surface area contributed by atoms with Gasteiger partial charge in [-0.05, 0) is 11.6 Å². The molecule has 0 bridgehead atoms. The van der Waals surface area contributed by atoms with Crippen LogP contribution in [0.1, 0.15) is 15.9 Å². The van der Waals surface area contributed by atoms with E-state index in [1.807, 2.05) is 12.1 Å². The van der Waals surface area contributed by atoms with E-state index < -0.39 is 0 Å². The Morgan fingerprint density at radius 2 is 2.16 bits per heavy atom. The highest BCUT2D eigenvalue weighted by Crippen LogP contribution is 2.26. The SMILES string of the molecule is CN(Cc1cccc(Cl)c1Cl)C(=O)c1cnn(C)c1. The smallest absolute Gasteiger partial charge is 0.257 e. The predicted octanol–water partition coefficient (Wildman–Crippen LogP) is 3.00. The summed E-state index contributed by atoms with van der Waals surface area (Å²) in [7, 11) is 3.48. The maximum Gasteiger partial charge on any atom is 0.257 e. The number of amides is 1. The number of aromatic nitrogens is 2. The Kier molecular flexibility index (Phi) is 4.12. The molecule has 1 heterocycles. The first kappa shape index (κ1) is 13.9. The van der Waals surface area contributed by atoms with E-state index in [9.17, 15) is 4.79 Å². The molecule has 2 rings (SSSR count). The monoisotopic (exact) mass is 297 g/mol. The summed E-state index contributed by atoms with van der Waals surface area (Å²) >= 11 is 12.1. The van der Waals surface area contributed by atoms with Gasteiger partial charge in [-0.25, -0.2) is 0 Å². The Labute approximate surface area is 121 Å². The number of carbonyl (C=O) groups is 1. The zero-order valence-electron chi connectivity index (χ0n) is 10.6. The molecule has 2 aromatic rings. The van der Waals surface area contributed by atoms with Crippen LogP contribution in [0.4, 0.5) is 0 Å². The molecule has 4 nitrogen and oxygen atoms in total. The fourth-order valence-corrected chi connectivity index (χ4v) is 2.13. The average Bonchev–Trinajstić information content (AvgIpc) is 2.80. The second-order valence-electron chi connectivity index (χ2n) is 4.28. The molecule has 0 fully saturated rings. The Bertz CT molecular complexity index is 610. The minimum Gasteiger partial charge on any atom is -0.337 e. The van der Waals surface area contributed by atoms with Gasteiger partial charge in [0.15, 0.2) is 0 Å². The highest BCUT2D eigenvalue weighted by Gasteiger charge is 2.15. The molecule has 0 spiro atoms. The summed E-state index contributed by atoms with van der Waals surface area (Å²) in [4.78, 5) is 13.7. The second-order valence-corrected chi connectivity index (χ2v) is 5.06. The van der Waals surface area contributed by atoms with Crippen molar-refractivity contribution in [2.24, 2.45) is 7.05 Å². The largest absolute Gasteiger partial charge is 0.337 e. The summed E-state index contributed by atoms with van der Waals surface area (Å²) in [5.74, 6) is -0.107. The van der Waals surface area contributed by atoms with Crippen molar-refractivity contribution in [2.75, 3.05) is 7.05 Å². The Morgan fingerprint density at radius 1 is 1.42 bits per heavy atom. The van der Waals surface area contributed by atoms with E-state index >= 15 is 0 Å². The standard InChI is InChI=1S/C13H13Cl2N3O/c1-17(13(19)10-6-16-18(2)8-10)7-9-4-3-5-11(14)12(9)15/h3-6,8H,7H2,1-2H3. The summed E-state index contributed by atoms with van der Waals surface area (Å²) < 4.78 is 1.59. The van der Waals surface area contributed by atoms with Crippen LogP contribution >= 0.6 is 23.2 Å². The molecular formula is C13H13Cl2N3O. The number of aryl methyl sites for hydroxylation is 1. The number of halogens is 2. The molecule has 1 amide bonds. The van der Waals surface area contributed by atoms with Crippen molar-refractivity contribution in [1.29, 1.82) is 0 Å². The van der Waals surface area contributed by atoms with Crippen molar-refractivity contribution in [3.63, 3.8) is 0 Å². The van der Waals surface area contributed by atoms with Crippen molar-refractivity contribution < 1.29 is 4.79 Å². The lowest BCUT2D eigenvalue weighted by Gasteiger charge is -2.17. The first-order valence-corrected chi connectivity index (χ1v) is 6.41. The van der Waals surface area contributed by atoms with Gasteiger partial charge < -0.3 is 4.90 Å². The third-order valence-corrected chi connectivity index (χ3v) is 3.60. The summed E-state index contributed by atoms with van der Waals surface area (Å²) in [5.41, 5.74) is 1.36. The summed E-state index contributed by atoms with van der Waals surface area (Å²) in [6.07, 6.45) is 3.22. The number of benzene rings is 1. The van der Waals surface area contributed by atoms with Gasteiger partial charge in [0.05, 0.1) is 21.8 Å². The molecule has 0 unspecified atom stereocenters. The molecule has 1 aromatic heterocycles. The van der Waals surface area contributed by atoms with Gasteiger partial charge in [0.1, 0.15) is 0 Å². The number of rotatable bonds is 3. The van der Waals surface area contributed by atoms with Crippen LogP contribution in [-0.2, 0) is 13.6 Å². The van der Waals surface area contributed by atoms with E-state index in [-0.39, 0.29) is 5.91 Å². The molecule has 0 aliphatic heterocycles. The first-order valence-electron chi connectivity index (χ1n) is 5.66. The third kappa shape index (κ3) is 3.08. The highest BCUT2D eigenvalue weighted by molar-refractivity contribution is 6.42. The summed E-state index contributed by atoms with van der Waals surface area (Å²) in [5, 5.41) is 4.95. The average molecular weight is 298 g/mol. The number of hydrogen-bond donors (Lipinski definition) is 0. The van der Waals surface area contributed by atoms with Gasteiger partial charge in [-0.3, -0.25) is 9.48 Å². The fraction of sp³-hybridized carbons (Fsp3) is 0.231. The van der Waals surface area contributed by atoms with Gasteiger partial charge >= 0.3 is 0 Å². The van der Waals surface area contributed by atoms with E-state index in [1.165, 1.54) is 0 Å². The first-order chi connectivity index (χ1) is 8.99. The van der Waals surface area contributed by atoms with Crippen LogP contribution in [0.5, 0.6) is 0 Å². The number of hydrogen-bond acceptors (Lipinski definition) is 2. The minimum absolute atomic E-state index is 0.107. The van der Waals surface area contributed by atoms with Crippen molar-refractivity contribution >= 4 is 29.1 Å². The van der Waals surface area contributed by atoms with Crippen LogP contribution in [0.2, 0.25) is 10.0 Å². The molecule has 100 valence electrons. The van der Waals surface area contributed by atoms with Crippen molar-refractivity contribution in [1.82, 2.24) is 14.7 Å². The quantitative estimate of drug-likeness (QED) is 0.873. The second kappa shape index (κ2) is 5.63. The van der Waals surface area contributed by atoms with E-state index in [0.29, 0.717) is 22.2 Å². The molecule has 19 heavy (non-hydrogen) atoms. The zero-order chi connectivity index (χ0) is 14.0. The summed E-state index contributed by atoms with van der Waals surface area (Å²) in [6.45, 7) is 0.396. The van der Waals surface area contributed by atoms with Gasteiger partial charge in [-0.1, -0.05) is 35.3 Å². The molecule has 0 saturated heterocycles. The topological polar surface area (TPSA) is 38.1 Å². The lowest BCUT2D eigenvalue weighted by molar-refractivity contribution is 0.0785. The van der Waals surface area contributed by atoms with Crippen molar-refractivity contribution in [3.05, 3.63) is 51.8 Å². The van der Waals surface area contributed by atoms with Crippen molar-refractivity contribution in [3.8, 4) is 0 Å². The highest BCUT2D eigenvalue weighted by atomic mass is 35.5. The maximum absolute atomic E-state index is 12.2. The van der Waals surface area contributed by atoms with Crippen LogP contribution in [0.3, 0.4) is 0 Å². The molecule has 0 saturated carbocycles. The Balaban J connectivity index is 2.15. The van der Waals surface area contributed by atoms with E-state index in [0.717, 1.165) is 5.56 Å². The van der Waals surface area contributed by atoms with Gasteiger partial charge in [0.25, 0.3) is 5.91 Å². The van der Waals surface area contributed by atoms with Gasteiger partial charge in [-0.15, -0.1) is 0 Å². The number of nitrogens with zero attached hydrogens (tertiary/aromatic N) is 3. The molecule has 1 aromatic carbocycles. The molecule has 0 aliphatic rings. The van der Waals surface area contributed by atoms with Crippen molar-refractivity contribution in [2.45, 2.75) is 6.54 Å². The summed E-state index contributed by atoms with van der Waals surface area (Å²) in [6, 6.07) is 5.38. The fourth-order valence-electron chi connectivity index (χ4n) is 1.75. The third-order valence-electron chi connectivity index (χ3n) is 2.74. The molecule has 0 atom stereocenters. The van der Waals surface area contributed by atoms with Crippen LogP contribution in [0, 0.1) is 0 Å². The zero-order valence-corrected chi connectivity index (χ0v) is 12.1. The van der Waals surface area contributed by atoms with Crippen LogP contribution in [-0.4, -0.2) is 27.6 Å². The van der Waals surface area contributed by atoms with Crippen LogP contribution < -0.4 is 0 Å². The molecular weight excluding hydrogens is 285 g/mol.